The van der Waals surface area contributed by atoms with Gasteiger partial charge >= 0.3 is 0 Å². The van der Waals surface area contributed by atoms with Crippen molar-refractivity contribution in [1.29, 1.82) is 0 Å². The van der Waals surface area contributed by atoms with Crippen LogP contribution in [0.2, 0.25) is 0 Å². The van der Waals surface area contributed by atoms with Gasteiger partial charge in [0.05, 0.1) is 9.79 Å². The Kier molecular flexibility index (Phi) is 4.66. The number of rotatable bonds is 4. The van der Waals surface area contributed by atoms with Crippen molar-refractivity contribution in [1.82, 2.24) is 0 Å². The third-order valence-corrected chi connectivity index (χ3v) is 6.56. The third kappa shape index (κ3) is 4.01. The second kappa shape index (κ2) is 6.93. The van der Waals surface area contributed by atoms with Crippen molar-refractivity contribution >= 4 is 41.8 Å². The van der Waals surface area contributed by atoms with Crippen LogP contribution in [0.3, 0.4) is 0 Å². The summed E-state index contributed by atoms with van der Waals surface area (Å²) in [5, 5.41) is 2.93. The van der Waals surface area contributed by atoms with Gasteiger partial charge in [0.2, 0.25) is 0 Å². The second-order valence-corrected chi connectivity index (χ2v) is 9.59. The molecule has 0 fully saturated rings. The minimum absolute atomic E-state index is 0.141. The van der Waals surface area contributed by atoms with E-state index < -0.39 is 20.2 Å². The predicted molar refractivity (Wildman–Crippen MR) is 110 cm³/mol. The van der Waals surface area contributed by atoms with Gasteiger partial charge in [-0.3, -0.25) is 9.11 Å². The maximum atomic E-state index is 11.9. The van der Waals surface area contributed by atoms with Gasteiger partial charge in [0.25, 0.3) is 20.2 Å². The van der Waals surface area contributed by atoms with Crippen LogP contribution in [0.15, 0.2) is 82.6 Å². The largest absolute Gasteiger partial charge is 0.294 e. The number of benzene rings is 4. The van der Waals surface area contributed by atoms with E-state index in [0.717, 1.165) is 16.3 Å². The fraction of sp³-hybridized carbons (Fsp3) is 0.0476. The van der Waals surface area contributed by atoms with Gasteiger partial charge in [-0.05, 0) is 63.4 Å². The first kappa shape index (κ1) is 19.5. The van der Waals surface area contributed by atoms with E-state index in [4.69, 9.17) is 0 Å². The highest BCUT2D eigenvalue weighted by Crippen LogP contribution is 2.27. The lowest BCUT2D eigenvalue weighted by molar-refractivity contribution is 0.480. The molecule has 148 valence electrons. The van der Waals surface area contributed by atoms with E-state index in [1.165, 1.54) is 18.2 Å². The van der Waals surface area contributed by atoms with Crippen molar-refractivity contribution in [2.24, 2.45) is 0 Å². The average Bonchev–Trinajstić information content (AvgIpc) is 2.65. The molecule has 0 spiro atoms. The van der Waals surface area contributed by atoms with E-state index in [1.807, 2.05) is 18.2 Å². The molecule has 0 atom stereocenters. The van der Waals surface area contributed by atoms with Gasteiger partial charge in [0.15, 0.2) is 0 Å². The Morgan fingerprint density at radius 2 is 1.21 bits per heavy atom. The summed E-state index contributed by atoms with van der Waals surface area (Å²) in [5.41, 5.74) is 1.25. The zero-order chi connectivity index (χ0) is 20.8. The minimum atomic E-state index is -4.40. The normalized spacial score (nSPS) is 12.5. The number of hydrogen-bond acceptors (Lipinski definition) is 4. The monoisotopic (exact) mass is 428 g/mol. The highest BCUT2D eigenvalue weighted by Gasteiger charge is 2.17. The minimum Gasteiger partial charge on any atom is -0.282 e. The first-order valence-electron chi connectivity index (χ1n) is 8.61. The zero-order valence-corrected chi connectivity index (χ0v) is 16.6. The van der Waals surface area contributed by atoms with E-state index in [-0.39, 0.29) is 16.2 Å². The molecule has 6 nitrogen and oxygen atoms in total. The molecular formula is C21H16O6S2. The molecule has 0 aliphatic rings. The van der Waals surface area contributed by atoms with Gasteiger partial charge in [-0.15, -0.1) is 0 Å². The first-order valence-corrected chi connectivity index (χ1v) is 11.5. The summed E-state index contributed by atoms with van der Waals surface area (Å²) in [5.74, 6) is 0. The van der Waals surface area contributed by atoms with Gasteiger partial charge in [0.1, 0.15) is 0 Å². The van der Waals surface area contributed by atoms with Gasteiger partial charge in [-0.25, -0.2) is 0 Å². The van der Waals surface area contributed by atoms with Crippen molar-refractivity contribution in [2.75, 3.05) is 0 Å². The SMILES string of the molecule is O=S(=O)(O)c1ccc2cc(Cc3cc4ccccc4cc3S(=O)(=O)O)ccc2c1. The highest BCUT2D eigenvalue weighted by molar-refractivity contribution is 7.86. The van der Waals surface area contributed by atoms with Crippen LogP contribution in [0, 0.1) is 0 Å². The molecule has 8 heteroatoms. The van der Waals surface area contributed by atoms with E-state index in [0.29, 0.717) is 16.3 Å². The molecule has 0 radical (unpaired) electrons. The maximum absolute atomic E-state index is 11.9. The topological polar surface area (TPSA) is 109 Å². The van der Waals surface area contributed by atoms with E-state index >= 15 is 0 Å². The molecule has 0 amide bonds. The standard InChI is InChI=1S/C21H16O6S2/c22-28(23,24)20-8-7-17-9-14(5-6-18(17)12-20)10-19-11-15-3-1-2-4-16(15)13-21(19)29(25,26)27/h1-9,11-13H,10H2,(H,22,23,24)(H,25,26,27). The first-order chi connectivity index (χ1) is 13.6. The molecule has 4 aromatic rings. The lowest BCUT2D eigenvalue weighted by atomic mass is 9.99. The molecule has 29 heavy (non-hydrogen) atoms. The Morgan fingerprint density at radius 1 is 0.621 bits per heavy atom. The van der Waals surface area contributed by atoms with Crippen LogP contribution < -0.4 is 0 Å². The molecule has 0 aliphatic heterocycles. The van der Waals surface area contributed by atoms with Crippen molar-refractivity contribution < 1.29 is 25.9 Å². The van der Waals surface area contributed by atoms with Crippen LogP contribution >= 0.6 is 0 Å². The molecule has 0 bridgehead atoms. The molecule has 2 N–H and O–H groups in total. The van der Waals surface area contributed by atoms with E-state index in [9.17, 15) is 25.9 Å². The van der Waals surface area contributed by atoms with Gasteiger partial charge < -0.3 is 0 Å². The summed E-state index contributed by atoms with van der Waals surface area (Å²) in [4.78, 5) is -0.334. The van der Waals surface area contributed by atoms with Gasteiger partial charge in [-0.1, -0.05) is 48.5 Å². The Morgan fingerprint density at radius 3 is 1.86 bits per heavy atom. The quantitative estimate of drug-likeness (QED) is 0.474. The second-order valence-electron chi connectivity index (χ2n) is 6.78. The summed E-state index contributed by atoms with van der Waals surface area (Å²) in [6, 6.07) is 20.0. The smallest absolute Gasteiger partial charge is 0.282 e. The van der Waals surface area contributed by atoms with Crippen LogP contribution in [-0.2, 0) is 26.7 Å². The zero-order valence-electron chi connectivity index (χ0n) is 15.0. The molecule has 0 saturated heterocycles. The maximum Gasteiger partial charge on any atom is 0.294 e. The average molecular weight is 428 g/mol. The van der Waals surface area contributed by atoms with Crippen LogP contribution in [0.5, 0.6) is 0 Å². The number of fused-ring (bicyclic) bond motifs is 2. The molecule has 4 rings (SSSR count). The molecule has 0 unspecified atom stereocenters. The molecular weight excluding hydrogens is 412 g/mol. The molecule has 0 heterocycles. The highest BCUT2D eigenvalue weighted by atomic mass is 32.2. The van der Waals surface area contributed by atoms with Crippen molar-refractivity contribution in [3.8, 4) is 0 Å². The lowest BCUT2D eigenvalue weighted by Gasteiger charge is -2.11. The Hall–Kier alpha value is -2.78. The summed E-state index contributed by atoms with van der Waals surface area (Å²) in [6.07, 6.45) is 0.260. The number of hydrogen-bond donors (Lipinski definition) is 2. The van der Waals surface area contributed by atoms with E-state index in [1.54, 1.807) is 36.4 Å². The molecule has 0 saturated carbocycles. The van der Waals surface area contributed by atoms with Gasteiger partial charge in [-0.2, -0.15) is 16.8 Å². The van der Waals surface area contributed by atoms with Crippen molar-refractivity contribution in [3.63, 3.8) is 0 Å². The van der Waals surface area contributed by atoms with Crippen LogP contribution in [0.1, 0.15) is 11.1 Å². The van der Waals surface area contributed by atoms with Crippen LogP contribution in [0.25, 0.3) is 21.5 Å². The fourth-order valence-corrected chi connectivity index (χ4v) is 4.66. The Labute approximate surface area is 167 Å². The lowest BCUT2D eigenvalue weighted by Crippen LogP contribution is -2.04. The molecule has 0 aliphatic carbocycles. The fourth-order valence-electron chi connectivity index (χ4n) is 3.41. The molecule has 4 aromatic carbocycles. The van der Waals surface area contributed by atoms with Crippen molar-refractivity contribution in [3.05, 3.63) is 83.9 Å². The summed E-state index contributed by atoms with van der Waals surface area (Å²) >= 11 is 0. The summed E-state index contributed by atoms with van der Waals surface area (Å²) in [7, 11) is -8.69. The summed E-state index contributed by atoms with van der Waals surface area (Å²) in [6.45, 7) is 0. The van der Waals surface area contributed by atoms with Crippen molar-refractivity contribution in [2.45, 2.75) is 16.2 Å². The van der Waals surface area contributed by atoms with E-state index in [2.05, 4.69) is 0 Å². The Bertz CT molecular complexity index is 1470. The van der Waals surface area contributed by atoms with Gasteiger partial charge in [0, 0.05) is 0 Å². The van der Waals surface area contributed by atoms with Crippen LogP contribution in [0.4, 0.5) is 0 Å². The Balaban J connectivity index is 1.81. The van der Waals surface area contributed by atoms with Crippen LogP contribution in [-0.4, -0.2) is 25.9 Å². The third-order valence-electron chi connectivity index (χ3n) is 4.78. The summed E-state index contributed by atoms with van der Waals surface area (Å²) < 4.78 is 65.3. The predicted octanol–water partition coefficient (Wildman–Crippen LogP) is 4.08. The molecule has 0 aromatic heterocycles.